The first-order chi connectivity index (χ1) is 26.3. The molecule has 5 aliphatic carbocycles. The molecule has 320 valence electrons. The predicted octanol–water partition coefficient (Wildman–Crippen LogP) is 5.75. The average molecular weight is 803 g/mol. The number of ether oxygens (including phenoxy) is 6. The van der Waals surface area contributed by atoms with Crippen molar-refractivity contribution in [1.82, 2.24) is 0 Å². The Morgan fingerprint density at radius 1 is 0.702 bits per heavy atom. The Balaban J connectivity index is 1.40. The smallest absolute Gasteiger partial charge is 0.317 e. The molecule has 0 bridgehead atoms. The Hall–Kier alpha value is -3.03. The summed E-state index contributed by atoms with van der Waals surface area (Å²) in [5, 5.41) is 23.8. The number of aliphatic hydroxyl groups is 2. The molecule has 0 aromatic carbocycles. The van der Waals surface area contributed by atoms with E-state index in [0.717, 1.165) is 52.9 Å². The van der Waals surface area contributed by atoms with Crippen LogP contribution in [-0.2, 0) is 52.4 Å². The molecule has 1 saturated heterocycles. The molecule has 6 rings (SSSR count). The van der Waals surface area contributed by atoms with Gasteiger partial charge in [-0.15, -0.1) is 0 Å². The van der Waals surface area contributed by atoms with E-state index in [2.05, 4.69) is 54.5 Å². The molecule has 1 heterocycles. The van der Waals surface area contributed by atoms with Crippen molar-refractivity contribution in [3.05, 3.63) is 11.6 Å². The van der Waals surface area contributed by atoms with Gasteiger partial charge in [0.05, 0.1) is 12.2 Å². The fourth-order valence-electron chi connectivity index (χ4n) is 13.2. The summed E-state index contributed by atoms with van der Waals surface area (Å²) in [5.41, 5.74) is -1.24. The second kappa shape index (κ2) is 14.9. The van der Waals surface area contributed by atoms with Gasteiger partial charge in [-0.25, -0.2) is 0 Å². The second-order valence-corrected chi connectivity index (χ2v) is 20.3. The molecule has 4 saturated carbocycles. The van der Waals surface area contributed by atoms with Gasteiger partial charge in [0.25, 0.3) is 0 Å². The van der Waals surface area contributed by atoms with Gasteiger partial charge in [-0.05, 0) is 103 Å². The molecule has 5 fully saturated rings. The van der Waals surface area contributed by atoms with E-state index in [-0.39, 0.29) is 33.7 Å². The van der Waals surface area contributed by atoms with E-state index in [9.17, 15) is 29.4 Å². The third-order valence-corrected chi connectivity index (χ3v) is 16.2. The third kappa shape index (κ3) is 7.13. The van der Waals surface area contributed by atoms with Crippen molar-refractivity contribution in [2.24, 2.45) is 50.2 Å². The maximum atomic E-state index is 15.2. The SMILES string of the molecule is CC(=O)OCC1OC(OC(=O)[C@]23CCC(C)(C)C[C@H]2C2=CCC4[C@@]5(C)CC[C@H](O)C(C)(C)[C@@H]5CC[C@@]4(C)[C@]2(C)CC3O)C(OC(C)=O)C(OC(C)=O)C1OC(C)=O. The largest absolute Gasteiger partial charge is 0.463 e. The Bertz CT molecular complexity index is 1670. The van der Waals surface area contributed by atoms with Crippen LogP contribution >= 0.6 is 0 Å². The molecule has 0 amide bonds. The lowest BCUT2D eigenvalue weighted by molar-refractivity contribution is -0.306. The number of esters is 5. The van der Waals surface area contributed by atoms with E-state index in [4.69, 9.17) is 28.4 Å². The highest BCUT2D eigenvalue weighted by atomic mass is 16.7. The van der Waals surface area contributed by atoms with Gasteiger partial charge in [0, 0.05) is 27.7 Å². The van der Waals surface area contributed by atoms with Crippen molar-refractivity contribution in [2.75, 3.05) is 6.61 Å². The zero-order valence-electron chi connectivity index (χ0n) is 35.8. The predicted molar refractivity (Wildman–Crippen MR) is 204 cm³/mol. The third-order valence-electron chi connectivity index (χ3n) is 16.2. The fourth-order valence-corrected chi connectivity index (χ4v) is 13.2. The summed E-state index contributed by atoms with van der Waals surface area (Å²) in [6.45, 7) is 20.0. The van der Waals surface area contributed by atoms with Crippen LogP contribution in [0.3, 0.4) is 0 Å². The molecule has 7 unspecified atom stereocenters. The molecule has 14 atom stereocenters. The van der Waals surface area contributed by atoms with E-state index >= 15 is 4.79 Å². The molecule has 0 aromatic heterocycles. The first-order valence-corrected chi connectivity index (χ1v) is 20.9. The highest BCUT2D eigenvalue weighted by molar-refractivity contribution is 5.80. The van der Waals surface area contributed by atoms with Crippen molar-refractivity contribution < 1.29 is 62.6 Å². The van der Waals surface area contributed by atoms with Crippen molar-refractivity contribution in [3.63, 3.8) is 0 Å². The van der Waals surface area contributed by atoms with Gasteiger partial charge in [0.1, 0.15) is 18.1 Å². The summed E-state index contributed by atoms with van der Waals surface area (Å²) >= 11 is 0. The van der Waals surface area contributed by atoms with E-state index < -0.39 is 84.1 Å². The number of aliphatic hydroxyl groups excluding tert-OH is 2. The fraction of sp³-hybridized carbons (Fsp3) is 0.841. The maximum absolute atomic E-state index is 15.2. The molecular weight excluding hydrogens is 736 g/mol. The van der Waals surface area contributed by atoms with Crippen LogP contribution in [-0.4, -0.2) is 89.6 Å². The summed E-state index contributed by atoms with van der Waals surface area (Å²) in [6.07, 6.45) is -0.174. The van der Waals surface area contributed by atoms with Gasteiger partial charge < -0.3 is 38.6 Å². The Labute approximate surface area is 337 Å². The zero-order valence-corrected chi connectivity index (χ0v) is 35.8. The molecule has 57 heavy (non-hydrogen) atoms. The number of carbonyl (C=O) groups excluding carboxylic acids is 5. The molecule has 0 radical (unpaired) electrons. The standard InChI is InChI=1S/C44H66O13/c1-23(45)52-22-29-34(53-24(2)46)35(54-25(3)47)36(55-26(4)48)37(56-29)57-38(51)44-19-18-39(5,6)20-28(44)27-12-13-31-41(9)16-15-32(49)40(7,8)30(41)14-17-42(31,10)43(27,11)21-33(44)50/h12,28-37,49-50H,13-22H2,1-11H3/t28-,29?,30-,31?,32-,33?,34?,35?,36?,37?,41-,42+,43+,44+/m0/s1. The van der Waals surface area contributed by atoms with Crippen molar-refractivity contribution in [3.8, 4) is 0 Å². The van der Waals surface area contributed by atoms with Gasteiger partial charge in [0.15, 0.2) is 12.2 Å². The van der Waals surface area contributed by atoms with E-state index in [1.165, 1.54) is 12.5 Å². The quantitative estimate of drug-likeness (QED) is 0.181. The molecule has 6 aliphatic rings. The Kier molecular flexibility index (Phi) is 11.4. The lowest BCUT2D eigenvalue weighted by Crippen LogP contribution is -2.68. The second-order valence-electron chi connectivity index (χ2n) is 20.3. The van der Waals surface area contributed by atoms with Crippen molar-refractivity contribution >= 4 is 29.8 Å². The molecule has 13 heteroatoms. The number of fused-ring (bicyclic) bond motifs is 7. The van der Waals surface area contributed by atoms with Crippen LogP contribution in [0.1, 0.15) is 134 Å². The van der Waals surface area contributed by atoms with Crippen molar-refractivity contribution in [1.29, 1.82) is 0 Å². The monoisotopic (exact) mass is 802 g/mol. The molecule has 13 nitrogen and oxygen atoms in total. The topological polar surface area (TPSA) is 181 Å². The number of hydrogen-bond donors (Lipinski definition) is 2. The number of carbonyl (C=O) groups is 5. The van der Waals surface area contributed by atoms with Gasteiger partial charge in [0.2, 0.25) is 12.4 Å². The van der Waals surface area contributed by atoms with Crippen LogP contribution in [0.4, 0.5) is 0 Å². The molecule has 2 N–H and O–H groups in total. The molecule has 1 aliphatic heterocycles. The summed E-state index contributed by atoms with van der Waals surface area (Å²) in [4.78, 5) is 64.4. The van der Waals surface area contributed by atoms with Gasteiger partial charge in [-0.2, -0.15) is 0 Å². The average Bonchev–Trinajstić information content (AvgIpc) is 3.08. The minimum Gasteiger partial charge on any atom is -0.463 e. The summed E-state index contributed by atoms with van der Waals surface area (Å²) in [5.74, 6) is -3.49. The van der Waals surface area contributed by atoms with Crippen LogP contribution in [0.15, 0.2) is 11.6 Å². The van der Waals surface area contributed by atoms with Gasteiger partial charge >= 0.3 is 29.8 Å². The highest BCUT2D eigenvalue weighted by Crippen LogP contribution is 2.76. The molecule has 0 aromatic rings. The van der Waals surface area contributed by atoms with Crippen LogP contribution < -0.4 is 0 Å². The lowest BCUT2D eigenvalue weighted by Gasteiger charge is -2.71. The number of rotatable bonds is 7. The molecular formula is C44H66O13. The lowest BCUT2D eigenvalue weighted by atomic mass is 9.33. The van der Waals surface area contributed by atoms with E-state index in [0.29, 0.717) is 37.5 Å². The number of hydrogen-bond acceptors (Lipinski definition) is 13. The van der Waals surface area contributed by atoms with Crippen LogP contribution in [0.2, 0.25) is 0 Å². The summed E-state index contributed by atoms with van der Waals surface area (Å²) < 4.78 is 34.5. The summed E-state index contributed by atoms with van der Waals surface area (Å²) in [7, 11) is 0. The van der Waals surface area contributed by atoms with Gasteiger partial charge in [-0.1, -0.05) is 60.1 Å². The summed E-state index contributed by atoms with van der Waals surface area (Å²) in [6, 6.07) is 0. The van der Waals surface area contributed by atoms with Crippen LogP contribution in [0.25, 0.3) is 0 Å². The van der Waals surface area contributed by atoms with Crippen LogP contribution in [0.5, 0.6) is 0 Å². The molecule has 0 spiro atoms. The normalized spacial score (nSPS) is 44.3. The zero-order chi connectivity index (χ0) is 42.3. The van der Waals surface area contributed by atoms with Crippen LogP contribution in [0, 0.1) is 50.2 Å². The maximum Gasteiger partial charge on any atom is 0.317 e. The van der Waals surface area contributed by atoms with E-state index in [1.807, 2.05) is 0 Å². The van der Waals surface area contributed by atoms with Gasteiger partial charge in [-0.3, -0.25) is 24.0 Å². The minimum absolute atomic E-state index is 0.0137. The first kappa shape index (κ1) is 43.5. The highest BCUT2D eigenvalue weighted by Gasteiger charge is 2.72. The minimum atomic E-state index is -1.69. The van der Waals surface area contributed by atoms with Crippen molar-refractivity contribution in [2.45, 2.75) is 177 Å². The first-order valence-electron chi connectivity index (χ1n) is 20.9. The Morgan fingerprint density at radius 3 is 1.93 bits per heavy atom. The van der Waals surface area contributed by atoms with E-state index in [1.54, 1.807) is 0 Å². The number of allylic oxidation sites excluding steroid dienone is 2. The Morgan fingerprint density at radius 2 is 1.32 bits per heavy atom.